The van der Waals surface area contributed by atoms with Gasteiger partial charge in [0.2, 0.25) is 0 Å². The summed E-state index contributed by atoms with van der Waals surface area (Å²) in [6.07, 6.45) is 4.08. The maximum atomic E-state index is 12.0. The van der Waals surface area contributed by atoms with Crippen LogP contribution in [0.5, 0.6) is 0 Å². The minimum atomic E-state index is -0.102. The summed E-state index contributed by atoms with van der Waals surface area (Å²) in [6.45, 7) is 2.80. The van der Waals surface area contributed by atoms with E-state index in [1.54, 1.807) is 0 Å². The molecule has 100 valence electrons. The Morgan fingerprint density at radius 2 is 2.47 bits per heavy atom. The molecule has 0 unspecified atom stereocenters. The van der Waals surface area contributed by atoms with E-state index in [0.717, 1.165) is 49.0 Å². The number of fused-ring (bicyclic) bond motifs is 1. The molecule has 3 rings (SSSR count). The van der Waals surface area contributed by atoms with Crippen LogP contribution in [0, 0.1) is 0 Å². The number of rotatable bonds is 3. The SMILES string of the molecule is CCc1nnc2n1C[C@@H](NC(=O)c1cnns1)CC2. The number of nitrogens with one attached hydrogen (secondary N) is 1. The van der Waals surface area contributed by atoms with E-state index in [1.807, 2.05) is 0 Å². The van der Waals surface area contributed by atoms with Crippen molar-refractivity contribution in [2.75, 3.05) is 0 Å². The zero-order chi connectivity index (χ0) is 13.2. The third kappa shape index (κ3) is 2.35. The van der Waals surface area contributed by atoms with Crippen LogP contribution in [0.4, 0.5) is 0 Å². The number of hydrogen-bond donors (Lipinski definition) is 1. The number of aryl methyl sites for hydroxylation is 2. The van der Waals surface area contributed by atoms with Gasteiger partial charge in [0.1, 0.15) is 16.5 Å². The minimum Gasteiger partial charge on any atom is -0.347 e. The molecule has 0 spiro atoms. The second-order valence-electron chi connectivity index (χ2n) is 4.49. The van der Waals surface area contributed by atoms with Crippen LogP contribution >= 0.6 is 11.5 Å². The predicted molar refractivity (Wildman–Crippen MR) is 68.9 cm³/mol. The second-order valence-corrected chi connectivity index (χ2v) is 5.27. The Labute approximate surface area is 114 Å². The van der Waals surface area contributed by atoms with Gasteiger partial charge in [-0.2, -0.15) is 0 Å². The molecule has 1 N–H and O–H groups in total. The van der Waals surface area contributed by atoms with Crippen molar-refractivity contribution >= 4 is 17.4 Å². The van der Waals surface area contributed by atoms with Gasteiger partial charge in [0.25, 0.3) is 5.91 Å². The fourth-order valence-electron chi connectivity index (χ4n) is 2.29. The van der Waals surface area contributed by atoms with Crippen LogP contribution in [0.2, 0.25) is 0 Å². The van der Waals surface area contributed by atoms with Crippen LogP contribution in [0.3, 0.4) is 0 Å². The number of carbonyl (C=O) groups is 1. The van der Waals surface area contributed by atoms with Gasteiger partial charge in [-0.25, -0.2) is 0 Å². The number of nitrogens with zero attached hydrogens (tertiary/aromatic N) is 5. The lowest BCUT2D eigenvalue weighted by molar-refractivity contribution is 0.0931. The summed E-state index contributed by atoms with van der Waals surface area (Å²) in [6, 6.07) is 0.114. The van der Waals surface area contributed by atoms with Crippen molar-refractivity contribution in [3.05, 3.63) is 22.7 Å². The minimum absolute atomic E-state index is 0.102. The Balaban J connectivity index is 1.70. The third-order valence-corrected chi connectivity index (χ3v) is 3.92. The molecule has 0 bridgehead atoms. The highest BCUT2D eigenvalue weighted by molar-refractivity contribution is 7.07. The van der Waals surface area contributed by atoms with Crippen LogP contribution in [-0.4, -0.2) is 36.3 Å². The number of hydrogen-bond acceptors (Lipinski definition) is 6. The van der Waals surface area contributed by atoms with Gasteiger partial charge in [-0.05, 0) is 18.0 Å². The van der Waals surface area contributed by atoms with E-state index < -0.39 is 0 Å². The molecule has 1 aliphatic rings. The molecule has 2 aromatic heterocycles. The van der Waals surface area contributed by atoms with Gasteiger partial charge in [0.15, 0.2) is 0 Å². The summed E-state index contributed by atoms with van der Waals surface area (Å²) in [5.74, 6) is 1.89. The van der Waals surface area contributed by atoms with E-state index >= 15 is 0 Å². The lowest BCUT2D eigenvalue weighted by Gasteiger charge is -2.24. The largest absolute Gasteiger partial charge is 0.347 e. The Hall–Kier alpha value is -1.83. The normalized spacial score (nSPS) is 18.1. The van der Waals surface area contributed by atoms with Gasteiger partial charge in [-0.1, -0.05) is 11.4 Å². The summed E-state index contributed by atoms with van der Waals surface area (Å²) in [4.78, 5) is 12.5. The molecule has 0 aromatic carbocycles. The Bertz CT molecular complexity index is 565. The molecular formula is C11H14N6OS. The molecule has 0 saturated carbocycles. The Morgan fingerprint density at radius 1 is 1.58 bits per heavy atom. The van der Waals surface area contributed by atoms with Crippen molar-refractivity contribution < 1.29 is 4.79 Å². The van der Waals surface area contributed by atoms with Crippen molar-refractivity contribution in [1.82, 2.24) is 29.7 Å². The monoisotopic (exact) mass is 278 g/mol. The van der Waals surface area contributed by atoms with Crippen molar-refractivity contribution in [2.24, 2.45) is 0 Å². The Kier molecular flexibility index (Phi) is 3.24. The summed E-state index contributed by atoms with van der Waals surface area (Å²) in [5, 5.41) is 15.0. The van der Waals surface area contributed by atoms with E-state index in [-0.39, 0.29) is 11.9 Å². The highest BCUT2D eigenvalue weighted by atomic mass is 32.1. The van der Waals surface area contributed by atoms with E-state index in [1.165, 1.54) is 6.20 Å². The molecular weight excluding hydrogens is 264 g/mol. The van der Waals surface area contributed by atoms with Crippen molar-refractivity contribution in [2.45, 2.75) is 38.8 Å². The molecule has 0 saturated heterocycles. The molecule has 7 nitrogen and oxygen atoms in total. The summed E-state index contributed by atoms with van der Waals surface area (Å²) >= 11 is 1.11. The van der Waals surface area contributed by atoms with Gasteiger partial charge < -0.3 is 9.88 Å². The zero-order valence-corrected chi connectivity index (χ0v) is 11.4. The Morgan fingerprint density at radius 3 is 3.21 bits per heavy atom. The van der Waals surface area contributed by atoms with Gasteiger partial charge >= 0.3 is 0 Å². The van der Waals surface area contributed by atoms with Crippen molar-refractivity contribution in [3.8, 4) is 0 Å². The van der Waals surface area contributed by atoms with Gasteiger partial charge in [0, 0.05) is 25.4 Å². The van der Waals surface area contributed by atoms with Crippen LogP contribution < -0.4 is 5.32 Å². The zero-order valence-electron chi connectivity index (χ0n) is 10.5. The topological polar surface area (TPSA) is 85.6 Å². The fraction of sp³-hybridized carbons (Fsp3) is 0.545. The third-order valence-electron chi connectivity index (χ3n) is 3.26. The summed E-state index contributed by atoms with van der Waals surface area (Å²) < 4.78 is 5.81. The number of amides is 1. The lowest BCUT2D eigenvalue weighted by atomic mass is 10.1. The van der Waals surface area contributed by atoms with E-state index in [4.69, 9.17) is 0 Å². The molecule has 19 heavy (non-hydrogen) atoms. The lowest BCUT2D eigenvalue weighted by Crippen LogP contribution is -2.41. The van der Waals surface area contributed by atoms with E-state index in [9.17, 15) is 4.79 Å². The van der Waals surface area contributed by atoms with E-state index in [0.29, 0.717) is 4.88 Å². The highest BCUT2D eigenvalue weighted by Crippen LogP contribution is 2.16. The average molecular weight is 278 g/mol. The molecule has 1 aliphatic heterocycles. The first kappa shape index (κ1) is 12.2. The molecule has 0 aliphatic carbocycles. The van der Waals surface area contributed by atoms with Gasteiger partial charge in [-0.15, -0.1) is 15.3 Å². The number of carbonyl (C=O) groups excluding carboxylic acids is 1. The van der Waals surface area contributed by atoms with Crippen LogP contribution in [0.25, 0.3) is 0 Å². The van der Waals surface area contributed by atoms with Crippen LogP contribution in [0.15, 0.2) is 6.20 Å². The maximum absolute atomic E-state index is 12.0. The standard InChI is InChI=1S/C11H14N6OS/c1-2-9-14-15-10-4-3-7(6-17(9)10)13-11(18)8-5-12-16-19-8/h5,7H,2-4,6H2,1H3,(H,13,18)/t7-/m0/s1. The van der Waals surface area contributed by atoms with Gasteiger partial charge in [-0.3, -0.25) is 4.79 Å². The van der Waals surface area contributed by atoms with Crippen molar-refractivity contribution in [3.63, 3.8) is 0 Å². The van der Waals surface area contributed by atoms with E-state index in [2.05, 4.69) is 36.6 Å². The van der Waals surface area contributed by atoms with Crippen molar-refractivity contribution in [1.29, 1.82) is 0 Å². The summed E-state index contributed by atoms with van der Waals surface area (Å²) in [5.41, 5.74) is 0. The molecule has 0 fully saturated rings. The molecule has 3 heterocycles. The quantitative estimate of drug-likeness (QED) is 0.880. The molecule has 8 heteroatoms. The smallest absolute Gasteiger partial charge is 0.264 e. The maximum Gasteiger partial charge on any atom is 0.264 e. The van der Waals surface area contributed by atoms with Crippen LogP contribution in [-0.2, 0) is 19.4 Å². The fourth-order valence-corrected chi connectivity index (χ4v) is 2.70. The first-order valence-corrected chi connectivity index (χ1v) is 7.04. The average Bonchev–Trinajstić information content (AvgIpc) is 3.07. The first-order chi connectivity index (χ1) is 9.28. The highest BCUT2D eigenvalue weighted by Gasteiger charge is 2.24. The summed E-state index contributed by atoms with van der Waals surface area (Å²) in [7, 11) is 0. The first-order valence-electron chi connectivity index (χ1n) is 6.27. The second kappa shape index (κ2) is 5.04. The molecule has 0 radical (unpaired) electrons. The van der Waals surface area contributed by atoms with Crippen LogP contribution in [0.1, 0.15) is 34.7 Å². The molecule has 2 aromatic rings. The molecule has 1 atom stereocenters. The predicted octanol–water partition coefficient (Wildman–Crippen LogP) is 0.437. The molecule has 1 amide bonds. The van der Waals surface area contributed by atoms with Gasteiger partial charge in [0.05, 0.1) is 6.20 Å². The number of aromatic nitrogens is 5.